The standard InChI is InChI=1S/C23H29FN2O3/c1-5-16(2)25-23(28)17(3)26(15-19-8-6-7-9-21(19)24)22(27)14-18-10-12-20(29-4)13-11-18/h6-13,16-17H,5,14-15H2,1-4H3,(H,25,28)/t16-,17+/m1/s1. The summed E-state index contributed by atoms with van der Waals surface area (Å²) in [5.41, 5.74) is 1.17. The Bertz CT molecular complexity index is 823. The van der Waals surface area contributed by atoms with Crippen molar-refractivity contribution in [3.8, 4) is 5.75 Å². The molecule has 0 radical (unpaired) electrons. The summed E-state index contributed by atoms with van der Waals surface area (Å²) in [6.45, 7) is 5.58. The fourth-order valence-corrected chi connectivity index (χ4v) is 2.88. The molecule has 0 bridgehead atoms. The van der Waals surface area contributed by atoms with Crippen molar-refractivity contribution >= 4 is 11.8 Å². The first-order valence-electron chi connectivity index (χ1n) is 9.81. The molecule has 6 heteroatoms. The monoisotopic (exact) mass is 400 g/mol. The van der Waals surface area contributed by atoms with E-state index in [0.29, 0.717) is 11.3 Å². The first-order chi connectivity index (χ1) is 13.8. The molecule has 2 aromatic rings. The maximum Gasteiger partial charge on any atom is 0.242 e. The Morgan fingerprint density at radius 2 is 1.76 bits per heavy atom. The molecule has 0 aromatic heterocycles. The van der Waals surface area contributed by atoms with Crippen molar-refractivity contribution in [3.05, 3.63) is 65.5 Å². The second-order valence-electron chi connectivity index (χ2n) is 7.13. The highest BCUT2D eigenvalue weighted by Crippen LogP contribution is 2.17. The van der Waals surface area contributed by atoms with Gasteiger partial charge in [-0.25, -0.2) is 4.39 Å². The summed E-state index contributed by atoms with van der Waals surface area (Å²) in [4.78, 5) is 27.2. The van der Waals surface area contributed by atoms with E-state index in [4.69, 9.17) is 4.74 Å². The number of hydrogen-bond acceptors (Lipinski definition) is 3. The summed E-state index contributed by atoms with van der Waals surface area (Å²) in [6, 6.07) is 12.7. The number of nitrogens with zero attached hydrogens (tertiary/aromatic N) is 1. The zero-order chi connectivity index (χ0) is 21.4. The van der Waals surface area contributed by atoms with E-state index >= 15 is 0 Å². The van der Waals surface area contributed by atoms with Gasteiger partial charge < -0.3 is 15.0 Å². The van der Waals surface area contributed by atoms with E-state index in [1.54, 1.807) is 44.4 Å². The van der Waals surface area contributed by atoms with Crippen LogP contribution in [-0.2, 0) is 22.6 Å². The molecule has 0 spiro atoms. The molecule has 156 valence electrons. The summed E-state index contributed by atoms with van der Waals surface area (Å²) in [7, 11) is 1.58. The second kappa shape index (κ2) is 10.6. The highest BCUT2D eigenvalue weighted by molar-refractivity contribution is 5.88. The predicted molar refractivity (Wildman–Crippen MR) is 111 cm³/mol. The van der Waals surface area contributed by atoms with E-state index in [1.165, 1.54) is 11.0 Å². The van der Waals surface area contributed by atoms with Crippen LogP contribution in [-0.4, -0.2) is 35.9 Å². The first kappa shape index (κ1) is 22.4. The summed E-state index contributed by atoms with van der Waals surface area (Å²) in [5, 5.41) is 2.90. The van der Waals surface area contributed by atoms with E-state index < -0.39 is 11.9 Å². The number of hydrogen-bond donors (Lipinski definition) is 1. The third kappa shape index (κ3) is 6.31. The molecular formula is C23H29FN2O3. The Kier molecular flexibility index (Phi) is 8.19. The topological polar surface area (TPSA) is 58.6 Å². The molecule has 2 aromatic carbocycles. The Balaban J connectivity index is 2.23. The molecule has 0 saturated heterocycles. The van der Waals surface area contributed by atoms with Gasteiger partial charge in [0.2, 0.25) is 11.8 Å². The van der Waals surface area contributed by atoms with Gasteiger partial charge in [0.25, 0.3) is 0 Å². The van der Waals surface area contributed by atoms with Gasteiger partial charge >= 0.3 is 0 Å². The van der Waals surface area contributed by atoms with E-state index in [0.717, 1.165) is 12.0 Å². The normalized spacial score (nSPS) is 12.7. The summed E-state index contributed by atoms with van der Waals surface area (Å²) < 4.78 is 19.3. The maximum atomic E-state index is 14.2. The number of halogens is 1. The van der Waals surface area contributed by atoms with Crippen LogP contribution in [0.2, 0.25) is 0 Å². The largest absolute Gasteiger partial charge is 0.497 e. The van der Waals surface area contributed by atoms with Gasteiger partial charge in [-0.15, -0.1) is 0 Å². The van der Waals surface area contributed by atoms with Crippen molar-refractivity contribution in [2.75, 3.05) is 7.11 Å². The molecule has 5 nitrogen and oxygen atoms in total. The Morgan fingerprint density at radius 1 is 1.10 bits per heavy atom. The quantitative estimate of drug-likeness (QED) is 0.698. The summed E-state index contributed by atoms with van der Waals surface area (Å²) in [6.07, 6.45) is 0.894. The van der Waals surface area contributed by atoms with Crippen LogP contribution < -0.4 is 10.1 Å². The SMILES string of the molecule is CC[C@@H](C)NC(=O)[C@H](C)N(Cc1ccccc1F)C(=O)Cc1ccc(OC)cc1. The van der Waals surface area contributed by atoms with Crippen molar-refractivity contribution in [2.45, 2.75) is 52.2 Å². The maximum absolute atomic E-state index is 14.2. The molecule has 0 fully saturated rings. The zero-order valence-electron chi connectivity index (χ0n) is 17.4. The highest BCUT2D eigenvalue weighted by atomic mass is 19.1. The number of amides is 2. The van der Waals surface area contributed by atoms with Crippen molar-refractivity contribution in [1.82, 2.24) is 10.2 Å². The molecule has 1 N–H and O–H groups in total. The lowest BCUT2D eigenvalue weighted by molar-refractivity contribution is -0.140. The number of carbonyl (C=O) groups excluding carboxylic acids is 2. The Hall–Kier alpha value is -2.89. The number of benzene rings is 2. The van der Waals surface area contributed by atoms with Crippen molar-refractivity contribution < 1.29 is 18.7 Å². The molecule has 29 heavy (non-hydrogen) atoms. The van der Waals surface area contributed by atoms with Crippen molar-refractivity contribution in [2.24, 2.45) is 0 Å². The molecule has 0 heterocycles. The predicted octanol–water partition coefficient (Wildman–Crippen LogP) is 3.71. The van der Waals surface area contributed by atoms with E-state index in [1.807, 2.05) is 26.0 Å². The van der Waals surface area contributed by atoms with Gasteiger partial charge in [-0.3, -0.25) is 9.59 Å². The number of carbonyl (C=O) groups is 2. The number of nitrogens with one attached hydrogen (secondary N) is 1. The third-order valence-electron chi connectivity index (χ3n) is 4.98. The van der Waals surface area contributed by atoms with Crippen LogP contribution in [0.25, 0.3) is 0 Å². The third-order valence-corrected chi connectivity index (χ3v) is 4.98. The second-order valence-corrected chi connectivity index (χ2v) is 7.13. The van der Waals surface area contributed by atoms with Gasteiger partial charge in [-0.05, 0) is 44.0 Å². The van der Waals surface area contributed by atoms with Crippen molar-refractivity contribution in [3.63, 3.8) is 0 Å². The van der Waals surface area contributed by atoms with E-state index in [-0.39, 0.29) is 30.8 Å². The minimum absolute atomic E-state index is 0.00282. The molecule has 0 aliphatic heterocycles. The van der Waals surface area contributed by atoms with Crippen LogP contribution in [0.5, 0.6) is 5.75 Å². The van der Waals surface area contributed by atoms with E-state index in [9.17, 15) is 14.0 Å². The molecule has 0 aliphatic rings. The van der Waals surface area contributed by atoms with Crippen LogP contribution in [0.4, 0.5) is 4.39 Å². The lowest BCUT2D eigenvalue weighted by Crippen LogP contribution is -2.50. The molecular weight excluding hydrogens is 371 g/mol. The minimum atomic E-state index is -0.727. The zero-order valence-corrected chi connectivity index (χ0v) is 17.4. The molecule has 0 unspecified atom stereocenters. The molecule has 0 aliphatic carbocycles. The van der Waals surface area contributed by atoms with E-state index in [2.05, 4.69) is 5.32 Å². The molecule has 2 rings (SSSR count). The molecule has 2 atom stereocenters. The highest BCUT2D eigenvalue weighted by Gasteiger charge is 2.27. The Morgan fingerprint density at radius 3 is 2.34 bits per heavy atom. The smallest absolute Gasteiger partial charge is 0.242 e. The number of ether oxygens (including phenoxy) is 1. The summed E-state index contributed by atoms with van der Waals surface area (Å²) >= 11 is 0. The lowest BCUT2D eigenvalue weighted by Gasteiger charge is -2.30. The fourth-order valence-electron chi connectivity index (χ4n) is 2.88. The lowest BCUT2D eigenvalue weighted by atomic mass is 10.1. The number of methoxy groups -OCH3 is 1. The van der Waals surface area contributed by atoms with Crippen molar-refractivity contribution in [1.29, 1.82) is 0 Å². The van der Waals surface area contributed by atoms with Gasteiger partial charge in [0.15, 0.2) is 0 Å². The van der Waals surface area contributed by atoms with Gasteiger partial charge in [0.05, 0.1) is 13.5 Å². The van der Waals surface area contributed by atoms with Crippen LogP contribution in [0.1, 0.15) is 38.3 Å². The first-order valence-corrected chi connectivity index (χ1v) is 9.81. The molecule has 0 saturated carbocycles. The van der Waals surface area contributed by atoms with Gasteiger partial charge in [-0.1, -0.05) is 37.3 Å². The van der Waals surface area contributed by atoms with Gasteiger partial charge in [-0.2, -0.15) is 0 Å². The minimum Gasteiger partial charge on any atom is -0.497 e. The van der Waals surface area contributed by atoms with Crippen LogP contribution in [0.15, 0.2) is 48.5 Å². The van der Waals surface area contributed by atoms with Crippen LogP contribution in [0.3, 0.4) is 0 Å². The average molecular weight is 400 g/mol. The fraction of sp³-hybridized carbons (Fsp3) is 0.391. The van der Waals surface area contributed by atoms with Crippen LogP contribution >= 0.6 is 0 Å². The number of rotatable bonds is 9. The van der Waals surface area contributed by atoms with Gasteiger partial charge in [0.1, 0.15) is 17.6 Å². The van der Waals surface area contributed by atoms with Crippen LogP contribution in [0, 0.1) is 5.82 Å². The Labute approximate surface area is 171 Å². The molecule has 2 amide bonds. The average Bonchev–Trinajstić information content (AvgIpc) is 2.72. The van der Waals surface area contributed by atoms with Gasteiger partial charge in [0, 0.05) is 18.2 Å². The summed E-state index contributed by atoms with van der Waals surface area (Å²) in [5.74, 6) is -0.195.